The maximum Gasteiger partial charge on any atom is 0.313 e. The molecule has 1 saturated heterocycles. The SMILES string of the molecule is CC(C)=CCCC1COC(=O)[C@H]2/C(C=O)=C\C/C=C(\C)CC[C@H]12. The Morgan fingerprint density at radius 2 is 2.13 bits per heavy atom. The molecule has 0 aromatic rings. The van der Waals surface area contributed by atoms with Crippen molar-refractivity contribution in [2.24, 2.45) is 17.8 Å². The lowest BCUT2D eigenvalue weighted by atomic mass is 9.72. The third-order valence-electron chi connectivity index (χ3n) is 5.00. The minimum absolute atomic E-state index is 0.208. The van der Waals surface area contributed by atoms with Crippen molar-refractivity contribution in [2.75, 3.05) is 6.61 Å². The van der Waals surface area contributed by atoms with Crippen molar-refractivity contribution in [1.29, 1.82) is 0 Å². The van der Waals surface area contributed by atoms with Crippen LogP contribution in [0.25, 0.3) is 0 Å². The Bertz CT molecular complexity index is 535. The van der Waals surface area contributed by atoms with Gasteiger partial charge in [-0.15, -0.1) is 0 Å². The van der Waals surface area contributed by atoms with Gasteiger partial charge in [0.1, 0.15) is 6.29 Å². The van der Waals surface area contributed by atoms with E-state index in [-0.39, 0.29) is 17.8 Å². The van der Waals surface area contributed by atoms with Crippen molar-refractivity contribution < 1.29 is 14.3 Å². The number of cyclic esters (lactones) is 1. The summed E-state index contributed by atoms with van der Waals surface area (Å²) in [5.41, 5.74) is 3.27. The highest BCUT2D eigenvalue weighted by Crippen LogP contribution is 2.39. The van der Waals surface area contributed by atoms with E-state index in [2.05, 4.69) is 32.9 Å². The fourth-order valence-corrected chi connectivity index (χ4v) is 3.66. The first-order chi connectivity index (χ1) is 11.0. The molecule has 2 rings (SSSR count). The van der Waals surface area contributed by atoms with Gasteiger partial charge in [0.05, 0.1) is 12.5 Å². The van der Waals surface area contributed by atoms with Crippen LogP contribution in [0.2, 0.25) is 0 Å². The summed E-state index contributed by atoms with van der Waals surface area (Å²) in [4.78, 5) is 23.9. The number of aldehydes is 1. The molecule has 0 bridgehead atoms. The number of hydrogen-bond donors (Lipinski definition) is 0. The molecule has 0 N–H and O–H groups in total. The molecule has 1 unspecified atom stereocenters. The minimum Gasteiger partial charge on any atom is -0.465 e. The molecule has 0 aromatic heterocycles. The topological polar surface area (TPSA) is 43.4 Å². The zero-order chi connectivity index (χ0) is 16.8. The number of carbonyl (C=O) groups is 2. The van der Waals surface area contributed by atoms with Gasteiger partial charge in [-0.05, 0) is 64.7 Å². The van der Waals surface area contributed by atoms with Crippen LogP contribution in [0.5, 0.6) is 0 Å². The van der Waals surface area contributed by atoms with Crippen molar-refractivity contribution in [3.8, 4) is 0 Å². The number of allylic oxidation sites excluding steroid dienone is 5. The van der Waals surface area contributed by atoms with Gasteiger partial charge in [0.25, 0.3) is 0 Å². The minimum atomic E-state index is -0.378. The molecule has 3 heteroatoms. The molecule has 0 aromatic carbocycles. The quantitative estimate of drug-likeness (QED) is 0.439. The predicted octanol–water partition coefficient (Wildman–Crippen LogP) is 4.39. The number of esters is 1. The predicted molar refractivity (Wildman–Crippen MR) is 91.8 cm³/mol. The lowest BCUT2D eigenvalue weighted by Crippen LogP contribution is -2.40. The van der Waals surface area contributed by atoms with Crippen LogP contribution in [0, 0.1) is 17.8 Å². The van der Waals surface area contributed by atoms with E-state index in [1.165, 1.54) is 11.1 Å². The van der Waals surface area contributed by atoms with Gasteiger partial charge in [-0.2, -0.15) is 0 Å². The van der Waals surface area contributed by atoms with Crippen molar-refractivity contribution in [3.63, 3.8) is 0 Å². The van der Waals surface area contributed by atoms with Gasteiger partial charge in [0.15, 0.2) is 0 Å². The highest BCUT2D eigenvalue weighted by Gasteiger charge is 2.41. The van der Waals surface area contributed by atoms with Crippen molar-refractivity contribution in [1.82, 2.24) is 0 Å². The summed E-state index contributed by atoms with van der Waals surface area (Å²) in [6, 6.07) is 0. The smallest absolute Gasteiger partial charge is 0.313 e. The molecule has 0 radical (unpaired) electrons. The van der Waals surface area contributed by atoms with E-state index in [0.29, 0.717) is 18.1 Å². The van der Waals surface area contributed by atoms with Crippen LogP contribution in [-0.4, -0.2) is 18.9 Å². The fourth-order valence-electron chi connectivity index (χ4n) is 3.66. The van der Waals surface area contributed by atoms with Gasteiger partial charge in [0, 0.05) is 5.57 Å². The number of hydrogen-bond acceptors (Lipinski definition) is 3. The van der Waals surface area contributed by atoms with Crippen LogP contribution in [0.3, 0.4) is 0 Å². The van der Waals surface area contributed by atoms with Crippen LogP contribution < -0.4 is 0 Å². The third-order valence-corrected chi connectivity index (χ3v) is 5.00. The van der Waals surface area contributed by atoms with Crippen LogP contribution in [0.15, 0.2) is 34.9 Å². The van der Waals surface area contributed by atoms with Gasteiger partial charge in [0.2, 0.25) is 0 Å². The molecular formula is C20H28O3. The zero-order valence-corrected chi connectivity index (χ0v) is 14.5. The Balaban J connectivity index is 2.24. The highest BCUT2D eigenvalue weighted by atomic mass is 16.5. The maximum atomic E-state index is 12.3. The second kappa shape index (κ2) is 8.28. The molecule has 1 aliphatic heterocycles. The summed E-state index contributed by atoms with van der Waals surface area (Å²) in [7, 11) is 0. The van der Waals surface area contributed by atoms with Crippen molar-refractivity contribution in [3.05, 3.63) is 34.9 Å². The molecule has 1 fully saturated rings. The first-order valence-corrected chi connectivity index (χ1v) is 8.63. The zero-order valence-electron chi connectivity index (χ0n) is 14.5. The molecule has 0 spiro atoms. The van der Waals surface area contributed by atoms with Gasteiger partial charge in [-0.3, -0.25) is 9.59 Å². The second-order valence-electron chi connectivity index (χ2n) is 7.04. The van der Waals surface area contributed by atoms with Crippen LogP contribution in [-0.2, 0) is 14.3 Å². The summed E-state index contributed by atoms with van der Waals surface area (Å²) in [5, 5.41) is 0. The standard InChI is InChI=1S/C20H28O3/c1-14(2)6-4-9-17-13-23-20(22)19-16(12-21)8-5-7-15(3)10-11-18(17)19/h6-8,12,17-19H,4-5,9-11,13H2,1-3H3/b15-7+,16-8-/t17?,18-,19+/m1/s1. The summed E-state index contributed by atoms with van der Waals surface area (Å²) < 4.78 is 5.44. The molecular weight excluding hydrogens is 288 g/mol. The molecule has 126 valence electrons. The lowest BCUT2D eigenvalue weighted by Gasteiger charge is -2.37. The second-order valence-corrected chi connectivity index (χ2v) is 7.04. The number of ether oxygens (including phenoxy) is 1. The van der Waals surface area contributed by atoms with Crippen molar-refractivity contribution >= 4 is 12.3 Å². The molecule has 23 heavy (non-hydrogen) atoms. The largest absolute Gasteiger partial charge is 0.465 e. The van der Waals surface area contributed by atoms with E-state index in [9.17, 15) is 9.59 Å². The van der Waals surface area contributed by atoms with E-state index in [4.69, 9.17) is 4.74 Å². The van der Waals surface area contributed by atoms with Crippen LogP contribution >= 0.6 is 0 Å². The average molecular weight is 316 g/mol. The monoisotopic (exact) mass is 316 g/mol. The number of carbonyl (C=O) groups excluding carboxylic acids is 2. The first kappa shape index (κ1) is 17.7. The maximum absolute atomic E-state index is 12.3. The molecule has 1 aliphatic carbocycles. The molecule has 3 atom stereocenters. The Labute approximate surface area is 139 Å². The van der Waals surface area contributed by atoms with Gasteiger partial charge in [-0.25, -0.2) is 0 Å². The molecule has 0 saturated carbocycles. The molecule has 3 nitrogen and oxygen atoms in total. The van der Waals surface area contributed by atoms with Gasteiger partial charge >= 0.3 is 5.97 Å². The Morgan fingerprint density at radius 3 is 2.83 bits per heavy atom. The van der Waals surface area contributed by atoms with E-state index in [1.807, 2.05) is 6.08 Å². The van der Waals surface area contributed by atoms with E-state index >= 15 is 0 Å². The van der Waals surface area contributed by atoms with E-state index in [1.54, 1.807) is 0 Å². The van der Waals surface area contributed by atoms with E-state index < -0.39 is 0 Å². The normalized spacial score (nSPS) is 32.7. The van der Waals surface area contributed by atoms with Crippen molar-refractivity contribution in [2.45, 2.75) is 52.9 Å². The number of rotatable bonds is 4. The Kier molecular flexibility index (Phi) is 6.37. The van der Waals surface area contributed by atoms with E-state index in [0.717, 1.165) is 38.4 Å². The Hall–Kier alpha value is -1.64. The van der Waals surface area contributed by atoms with Crippen LogP contribution in [0.1, 0.15) is 52.9 Å². The summed E-state index contributed by atoms with van der Waals surface area (Å²) in [6.07, 6.45) is 11.8. The van der Waals surface area contributed by atoms with Gasteiger partial charge < -0.3 is 4.74 Å². The molecule has 2 aliphatic rings. The third kappa shape index (κ3) is 4.66. The molecule has 1 heterocycles. The first-order valence-electron chi connectivity index (χ1n) is 8.63. The van der Waals surface area contributed by atoms with Crippen LogP contribution in [0.4, 0.5) is 0 Å². The highest BCUT2D eigenvalue weighted by molar-refractivity contribution is 5.87. The summed E-state index contributed by atoms with van der Waals surface area (Å²) >= 11 is 0. The lowest BCUT2D eigenvalue weighted by molar-refractivity contribution is -0.160. The summed E-state index contributed by atoms with van der Waals surface area (Å²) in [6.45, 7) is 6.83. The molecule has 0 amide bonds. The average Bonchev–Trinajstić information content (AvgIpc) is 2.59. The summed E-state index contributed by atoms with van der Waals surface area (Å²) in [5.74, 6) is -0.0501. The van der Waals surface area contributed by atoms with Gasteiger partial charge in [-0.1, -0.05) is 29.4 Å². The number of fused-ring (bicyclic) bond motifs is 1. The Morgan fingerprint density at radius 1 is 1.35 bits per heavy atom. The fraction of sp³-hybridized carbons (Fsp3) is 0.600.